The Kier molecular flexibility index (Phi) is 3.09. The van der Waals surface area contributed by atoms with Crippen LogP contribution in [0.1, 0.15) is 56.6 Å². The molecule has 0 spiro atoms. The van der Waals surface area contributed by atoms with Gasteiger partial charge in [-0.3, -0.25) is 0 Å². The van der Waals surface area contributed by atoms with Gasteiger partial charge in [0.05, 0.1) is 7.11 Å². The molecule has 3 fully saturated rings. The number of hydrogen-bond acceptors (Lipinski definition) is 2. The van der Waals surface area contributed by atoms with Gasteiger partial charge in [0, 0.05) is 5.54 Å². The molecule has 1 aromatic carbocycles. The molecule has 4 rings (SSSR count). The highest BCUT2D eigenvalue weighted by Crippen LogP contribution is 2.52. The summed E-state index contributed by atoms with van der Waals surface area (Å²) >= 11 is 0. The van der Waals surface area contributed by atoms with Gasteiger partial charge in [-0.05, 0) is 67.6 Å². The third-order valence-electron chi connectivity index (χ3n) is 5.58. The van der Waals surface area contributed by atoms with Crippen molar-refractivity contribution in [2.45, 2.75) is 62.8 Å². The van der Waals surface area contributed by atoms with Crippen molar-refractivity contribution in [3.63, 3.8) is 0 Å². The fourth-order valence-corrected chi connectivity index (χ4v) is 4.03. The molecule has 19 heavy (non-hydrogen) atoms. The summed E-state index contributed by atoms with van der Waals surface area (Å²) in [4.78, 5) is 0. The van der Waals surface area contributed by atoms with Crippen LogP contribution in [0.5, 0.6) is 5.75 Å². The van der Waals surface area contributed by atoms with Crippen LogP contribution in [0, 0.1) is 0 Å². The van der Waals surface area contributed by atoms with Crippen LogP contribution in [0.2, 0.25) is 0 Å². The summed E-state index contributed by atoms with van der Waals surface area (Å²) in [6, 6.07) is 6.82. The molecular formula is C17H25NO. The van der Waals surface area contributed by atoms with E-state index in [9.17, 15) is 0 Å². The van der Waals surface area contributed by atoms with Gasteiger partial charge in [0.2, 0.25) is 0 Å². The molecule has 2 bridgehead atoms. The lowest BCUT2D eigenvalue weighted by atomic mass is 9.55. The van der Waals surface area contributed by atoms with Crippen LogP contribution in [0.25, 0.3) is 0 Å². The molecule has 0 unspecified atom stereocenters. The first-order chi connectivity index (χ1) is 9.11. The van der Waals surface area contributed by atoms with E-state index in [-0.39, 0.29) is 5.54 Å². The Labute approximate surface area is 116 Å². The summed E-state index contributed by atoms with van der Waals surface area (Å²) in [6.07, 6.45) is 8.41. The minimum atomic E-state index is 0.155. The normalized spacial score (nSPS) is 33.4. The quantitative estimate of drug-likeness (QED) is 0.900. The molecule has 2 N–H and O–H groups in total. The van der Waals surface area contributed by atoms with E-state index in [2.05, 4.69) is 25.1 Å². The van der Waals surface area contributed by atoms with E-state index in [0.717, 1.165) is 12.2 Å². The van der Waals surface area contributed by atoms with Gasteiger partial charge in [0.1, 0.15) is 5.75 Å². The zero-order valence-corrected chi connectivity index (χ0v) is 12.2. The molecule has 104 valence electrons. The van der Waals surface area contributed by atoms with Crippen LogP contribution in [-0.4, -0.2) is 12.6 Å². The van der Waals surface area contributed by atoms with Crippen LogP contribution < -0.4 is 10.5 Å². The molecule has 0 radical (unpaired) electrons. The lowest BCUT2D eigenvalue weighted by Gasteiger charge is -2.52. The topological polar surface area (TPSA) is 35.2 Å². The molecule has 0 amide bonds. The Balaban J connectivity index is 1.94. The van der Waals surface area contributed by atoms with Gasteiger partial charge >= 0.3 is 0 Å². The number of aryl methyl sites for hydroxylation is 1. The number of ether oxygens (including phenoxy) is 1. The summed E-state index contributed by atoms with van der Waals surface area (Å²) in [5.74, 6) is 1.03. The number of benzene rings is 1. The molecule has 0 aromatic heterocycles. The average molecular weight is 259 g/mol. The van der Waals surface area contributed by atoms with Crippen LogP contribution in [0.3, 0.4) is 0 Å². The van der Waals surface area contributed by atoms with Crippen LogP contribution in [-0.2, 0) is 11.8 Å². The summed E-state index contributed by atoms with van der Waals surface area (Å²) in [5.41, 5.74) is 9.83. The fraction of sp³-hybridized carbons (Fsp3) is 0.647. The van der Waals surface area contributed by atoms with Crippen molar-refractivity contribution in [3.05, 3.63) is 29.3 Å². The van der Waals surface area contributed by atoms with Gasteiger partial charge < -0.3 is 10.5 Å². The van der Waals surface area contributed by atoms with E-state index in [1.807, 2.05) is 0 Å². The second-order valence-electron chi connectivity index (χ2n) is 6.52. The molecule has 0 atom stereocenters. The summed E-state index contributed by atoms with van der Waals surface area (Å²) < 4.78 is 5.45. The number of hydrogen-bond donors (Lipinski definition) is 1. The zero-order valence-electron chi connectivity index (χ0n) is 12.2. The van der Waals surface area contributed by atoms with Crippen molar-refractivity contribution in [3.8, 4) is 5.75 Å². The van der Waals surface area contributed by atoms with Gasteiger partial charge in [0.15, 0.2) is 0 Å². The molecule has 0 heterocycles. The maximum Gasteiger partial charge on any atom is 0.122 e. The summed E-state index contributed by atoms with van der Waals surface area (Å²) in [5, 5.41) is 0. The second kappa shape index (κ2) is 4.52. The van der Waals surface area contributed by atoms with Crippen LogP contribution >= 0.6 is 0 Å². The van der Waals surface area contributed by atoms with Crippen molar-refractivity contribution in [2.75, 3.05) is 7.11 Å². The standard InChI is InChI=1S/C17H25NO/c1-3-13-12-14(4-5-15(13)19-2)16-6-9-17(18,10-7-16)11-8-16/h4-5,12H,3,6-11,18H2,1-2H3. The number of methoxy groups -OCH3 is 1. The number of rotatable bonds is 3. The van der Waals surface area contributed by atoms with Gasteiger partial charge in [-0.25, -0.2) is 0 Å². The van der Waals surface area contributed by atoms with Gasteiger partial charge in [-0.1, -0.05) is 19.1 Å². The molecule has 3 aliphatic carbocycles. The molecule has 0 saturated heterocycles. The van der Waals surface area contributed by atoms with Gasteiger partial charge in [-0.15, -0.1) is 0 Å². The first kappa shape index (κ1) is 13.0. The molecule has 2 nitrogen and oxygen atoms in total. The van der Waals surface area contributed by atoms with Crippen molar-refractivity contribution in [2.24, 2.45) is 5.73 Å². The smallest absolute Gasteiger partial charge is 0.122 e. The Hall–Kier alpha value is -1.02. The lowest BCUT2D eigenvalue weighted by molar-refractivity contribution is 0.107. The van der Waals surface area contributed by atoms with Crippen molar-refractivity contribution < 1.29 is 4.74 Å². The number of fused-ring (bicyclic) bond motifs is 3. The van der Waals surface area contributed by atoms with Crippen LogP contribution in [0.15, 0.2) is 18.2 Å². The average Bonchev–Trinajstić information content (AvgIpc) is 2.47. The first-order valence-electron chi connectivity index (χ1n) is 7.57. The highest BCUT2D eigenvalue weighted by atomic mass is 16.5. The molecular weight excluding hydrogens is 234 g/mol. The Morgan fingerprint density at radius 2 is 1.74 bits per heavy atom. The lowest BCUT2D eigenvalue weighted by Crippen LogP contribution is -2.53. The second-order valence-corrected chi connectivity index (χ2v) is 6.52. The Morgan fingerprint density at radius 1 is 1.11 bits per heavy atom. The first-order valence-corrected chi connectivity index (χ1v) is 7.57. The predicted octanol–water partition coefficient (Wildman–Crippen LogP) is 3.56. The van der Waals surface area contributed by atoms with E-state index in [0.29, 0.717) is 5.41 Å². The Morgan fingerprint density at radius 3 is 2.26 bits per heavy atom. The molecule has 0 aliphatic heterocycles. The van der Waals surface area contributed by atoms with E-state index >= 15 is 0 Å². The fourth-order valence-electron chi connectivity index (χ4n) is 4.03. The molecule has 2 heteroatoms. The maximum absolute atomic E-state index is 6.41. The van der Waals surface area contributed by atoms with E-state index in [4.69, 9.17) is 10.5 Å². The largest absolute Gasteiger partial charge is 0.496 e. The highest BCUT2D eigenvalue weighted by molar-refractivity contribution is 5.41. The maximum atomic E-state index is 6.41. The monoisotopic (exact) mass is 259 g/mol. The molecule has 1 aromatic rings. The van der Waals surface area contributed by atoms with Gasteiger partial charge in [-0.2, -0.15) is 0 Å². The van der Waals surface area contributed by atoms with Gasteiger partial charge in [0.25, 0.3) is 0 Å². The minimum absolute atomic E-state index is 0.155. The summed E-state index contributed by atoms with van der Waals surface area (Å²) in [7, 11) is 1.76. The zero-order chi connectivity index (χ0) is 13.5. The highest BCUT2D eigenvalue weighted by Gasteiger charge is 2.47. The minimum Gasteiger partial charge on any atom is -0.496 e. The van der Waals surface area contributed by atoms with Crippen molar-refractivity contribution in [1.82, 2.24) is 0 Å². The van der Waals surface area contributed by atoms with E-state index < -0.39 is 0 Å². The number of nitrogens with two attached hydrogens (primary N) is 1. The SMILES string of the molecule is CCc1cc(C23CCC(N)(CC2)CC3)ccc1OC. The van der Waals surface area contributed by atoms with Crippen LogP contribution in [0.4, 0.5) is 0 Å². The van der Waals surface area contributed by atoms with E-state index in [1.165, 1.54) is 49.7 Å². The Bertz CT molecular complexity index is 456. The summed E-state index contributed by atoms with van der Waals surface area (Å²) in [6.45, 7) is 2.20. The van der Waals surface area contributed by atoms with Crippen molar-refractivity contribution in [1.29, 1.82) is 0 Å². The van der Waals surface area contributed by atoms with Crippen molar-refractivity contribution >= 4 is 0 Å². The van der Waals surface area contributed by atoms with E-state index in [1.54, 1.807) is 7.11 Å². The molecule has 3 aliphatic rings. The third kappa shape index (κ3) is 2.06. The third-order valence-corrected chi connectivity index (χ3v) is 5.58. The molecule has 3 saturated carbocycles. The predicted molar refractivity (Wildman–Crippen MR) is 78.7 cm³/mol.